The summed E-state index contributed by atoms with van der Waals surface area (Å²) in [7, 11) is 0. The summed E-state index contributed by atoms with van der Waals surface area (Å²) in [5.41, 5.74) is 5.79. The van der Waals surface area contributed by atoms with Crippen LogP contribution in [0, 0.1) is 11.8 Å². The number of benzene rings is 1. The Morgan fingerprint density at radius 2 is 2.00 bits per heavy atom. The van der Waals surface area contributed by atoms with Crippen molar-refractivity contribution >= 4 is 12.4 Å². The van der Waals surface area contributed by atoms with Crippen molar-refractivity contribution < 1.29 is 4.74 Å². The summed E-state index contributed by atoms with van der Waals surface area (Å²) in [5.74, 6) is 2.45. The number of para-hydroxylation sites is 1. The molecule has 1 aromatic rings. The van der Waals surface area contributed by atoms with Crippen molar-refractivity contribution in [2.45, 2.75) is 50.8 Å². The fraction of sp³-hybridized carbons (Fsp3) is 0.647. The van der Waals surface area contributed by atoms with E-state index < -0.39 is 0 Å². The van der Waals surface area contributed by atoms with Crippen molar-refractivity contribution in [1.82, 2.24) is 5.32 Å². The number of nitrogens with two attached hydrogens (primary N) is 1. The maximum atomic E-state index is 6.17. The fourth-order valence-electron chi connectivity index (χ4n) is 4.13. The molecule has 1 aromatic carbocycles. The van der Waals surface area contributed by atoms with Crippen LogP contribution in [0.1, 0.15) is 32.6 Å². The highest BCUT2D eigenvalue weighted by atomic mass is 35.5. The number of halogens is 1. The third-order valence-electron chi connectivity index (χ3n) is 5.07. The standard InChI is InChI=1S/C17H26N2O.ClH/c1-12-15(9-10-18)16-11-14(7-8-17(16)19-12)20-13-5-3-2-4-6-13;/h2-6,12,14-17,19H,7-11,18H2,1H3;1H. The van der Waals surface area contributed by atoms with Crippen LogP contribution in [0.2, 0.25) is 0 Å². The molecule has 4 heteroatoms. The summed E-state index contributed by atoms with van der Waals surface area (Å²) in [6, 6.07) is 11.5. The average Bonchev–Trinajstić information content (AvgIpc) is 2.77. The van der Waals surface area contributed by atoms with Gasteiger partial charge in [0.1, 0.15) is 5.75 Å². The Morgan fingerprint density at radius 1 is 1.24 bits per heavy atom. The first-order valence-corrected chi connectivity index (χ1v) is 7.95. The molecule has 3 N–H and O–H groups in total. The summed E-state index contributed by atoms with van der Waals surface area (Å²) in [5, 5.41) is 3.76. The Kier molecular flexibility index (Phi) is 5.91. The molecule has 118 valence electrons. The second-order valence-corrected chi connectivity index (χ2v) is 6.33. The molecule has 0 aromatic heterocycles. The largest absolute Gasteiger partial charge is 0.490 e. The lowest BCUT2D eigenvalue weighted by Gasteiger charge is -2.34. The molecule has 5 unspecified atom stereocenters. The van der Waals surface area contributed by atoms with Gasteiger partial charge in [0.25, 0.3) is 0 Å². The van der Waals surface area contributed by atoms with Crippen molar-refractivity contribution in [1.29, 1.82) is 0 Å². The molecule has 0 spiro atoms. The van der Waals surface area contributed by atoms with Gasteiger partial charge in [0.2, 0.25) is 0 Å². The lowest BCUT2D eigenvalue weighted by atomic mass is 9.76. The Labute approximate surface area is 134 Å². The Bertz CT molecular complexity index is 428. The smallest absolute Gasteiger partial charge is 0.119 e. The molecule has 1 saturated heterocycles. The van der Waals surface area contributed by atoms with Crippen LogP contribution in [0.3, 0.4) is 0 Å². The van der Waals surface area contributed by atoms with Crippen LogP contribution >= 0.6 is 12.4 Å². The third kappa shape index (κ3) is 3.71. The van der Waals surface area contributed by atoms with E-state index in [9.17, 15) is 0 Å². The normalized spacial score (nSPS) is 34.9. The van der Waals surface area contributed by atoms with Crippen LogP contribution < -0.4 is 15.8 Å². The van der Waals surface area contributed by atoms with E-state index >= 15 is 0 Å². The number of fused-ring (bicyclic) bond motifs is 1. The van der Waals surface area contributed by atoms with E-state index in [1.807, 2.05) is 18.2 Å². The Morgan fingerprint density at radius 3 is 2.71 bits per heavy atom. The molecule has 1 aliphatic heterocycles. The third-order valence-corrected chi connectivity index (χ3v) is 5.07. The van der Waals surface area contributed by atoms with Gasteiger partial charge in [-0.1, -0.05) is 18.2 Å². The van der Waals surface area contributed by atoms with Crippen LogP contribution in [-0.2, 0) is 0 Å². The van der Waals surface area contributed by atoms with Gasteiger partial charge < -0.3 is 15.8 Å². The Hall–Kier alpha value is -0.770. The van der Waals surface area contributed by atoms with Gasteiger partial charge in [-0.25, -0.2) is 0 Å². The molecule has 1 heterocycles. The highest BCUT2D eigenvalue weighted by molar-refractivity contribution is 5.85. The summed E-state index contributed by atoms with van der Waals surface area (Å²) < 4.78 is 6.17. The van der Waals surface area contributed by atoms with E-state index in [2.05, 4.69) is 24.4 Å². The van der Waals surface area contributed by atoms with E-state index in [-0.39, 0.29) is 12.4 Å². The fourth-order valence-corrected chi connectivity index (χ4v) is 4.13. The van der Waals surface area contributed by atoms with E-state index in [1.54, 1.807) is 0 Å². The van der Waals surface area contributed by atoms with Gasteiger partial charge in [-0.15, -0.1) is 12.4 Å². The molecule has 0 bridgehead atoms. The molecule has 2 aliphatic rings. The monoisotopic (exact) mass is 310 g/mol. The minimum atomic E-state index is 0. The highest BCUT2D eigenvalue weighted by Crippen LogP contribution is 2.40. The maximum absolute atomic E-state index is 6.17. The minimum Gasteiger partial charge on any atom is -0.490 e. The average molecular weight is 311 g/mol. The van der Waals surface area contributed by atoms with Crippen LogP contribution in [0.15, 0.2) is 30.3 Å². The molecule has 5 atom stereocenters. The van der Waals surface area contributed by atoms with Crippen LogP contribution in [0.4, 0.5) is 0 Å². The van der Waals surface area contributed by atoms with Crippen LogP contribution in [0.25, 0.3) is 0 Å². The lowest BCUT2D eigenvalue weighted by Crippen LogP contribution is -2.38. The van der Waals surface area contributed by atoms with Crippen molar-refractivity contribution in [3.63, 3.8) is 0 Å². The van der Waals surface area contributed by atoms with Gasteiger partial charge in [0.05, 0.1) is 6.10 Å². The topological polar surface area (TPSA) is 47.3 Å². The molecule has 21 heavy (non-hydrogen) atoms. The van der Waals surface area contributed by atoms with Gasteiger partial charge in [-0.3, -0.25) is 0 Å². The first-order chi connectivity index (χ1) is 9.78. The summed E-state index contributed by atoms with van der Waals surface area (Å²) in [6.07, 6.45) is 5.05. The van der Waals surface area contributed by atoms with E-state index in [4.69, 9.17) is 10.5 Å². The van der Waals surface area contributed by atoms with Gasteiger partial charge in [0.15, 0.2) is 0 Å². The van der Waals surface area contributed by atoms with Crippen LogP contribution in [0.5, 0.6) is 5.75 Å². The molecular formula is C17H27ClN2O. The highest BCUT2D eigenvalue weighted by Gasteiger charge is 2.43. The molecule has 1 aliphatic carbocycles. The van der Waals surface area contributed by atoms with Crippen molar-refractivity contribution in [3.8, 4) is 5.75 Å². The molecule has 3 rings (SSSR count). The first kappa shape index (κ1) is 16.6. The van der Waals surface area contributed by atoms with E-state index in [0.29, 0.717) is 24.1 Å². The van der Waals surface area contributed by atoms with E-state index in [1.165, 1.54) is 12.8 Å². The SMILES string of the molecule is CC1NC2CCC(Oc3ccccc3)CC2C1CCN.Cl. The first-order valence-electron chi connectivity index (χ1n) is 7.95. The maximum Gasteiger partial charge on any atom is 0.119 e. The predicted molar refractivity (Wildman–Crippen MR) is 89.0 cm³/mol. The van der Waals surface area contributed by atoms with Gasteiger partial charge in [0, 0.05) is 12.1 Å². The van der Waals surface area contributed by atoms with Gasteiger partial charge in [-0.2, -0.15) is 0 Å². The van der Waals surface area contributed by atoms with Gasteiger partial charge in [-0.05, 0) is 63.1 Å². The Balaban J connectivity index is 0.00000161. The zero-order valence-corrected chi connectivity index (χ0v) is 13.5. The number of rotatable bonds is 4. The molecule has 1 saturated carbocycles. The van der Waals surface area contributed by atoms with Crippen LogP contribution in [-0.4, -0.2) is 24.7 Å². The second kappa shape index (κ2) is 7.48. The molecule has 3 nitrogen and oxygen atoms in total. The number of ether oxygens (including phenoxy) is 1. The van der Waals surface area contributed by atoms with Crippen molar-refractivity contribution in [2.24, 2.45) is 17.6 Å². The quantitative estimate of drug-likeness (QED) is 0.899. The second-order valence-electron chi connectivity index (χ2n) is 6.33. The molecular weight excluding hydrogens is 284 g/mol. The predicted octanol–water partition coefficient (Wildman–Crippen LogP) is 2.98. The number of hydrogen-bond acceptors (Lipinski definition) is 3. The minimum absolute atomic E-state index is 0. The zero-order chi connectivity index (χ0) is 13.9. The van der Waals surface area contributed by atoms with Crippen molar-refractivity contribution in [2.75, 3.05) is 6.54 Å². The summed E-state index contributed by atoms with van der Waals surface area (Å²) in [6.45, 7) is 3.11. The summed E-state index contributed by atoms with van der Waals surface area (Å²) in [4.78, 5) is 0. The zero-order valence-electron chi connectivity index (χ0n) is 12.7. The van der Waals surface area contributed by atoms with E-state index in [0.717, 1.165) is 31.1 Å². The summed E-state index contributed by atoms with van der Waals surface area (Å²) >= 11 is 0. The van der Waals surface area contributed by atoms with Crippen molar-refractivity contribution in [3.05, 3.63) is 30.3 Å². The lowest BCUT2D eigenvalue weighted by molar-refractivity contribution is 0.101. The van der Waals surface area contributed by atoms with Gasteiger partial charge >= 0.3 is 0 Å². The molecule has 0 radical (unpaired) electrons. The molecule has 0 amide bonds. The number of nitrogens with one attached hydrogen (secondary N) is 1. The molecule has 2 fully saturated rings. The number of hydrogen-bond donors (Lipinski definition) is 2.